The van der Waals surface area contributed by atoms with Crippen LogP contribution in [0.2, 0.25) is 5.28 Å². The summed E-state index contributed by atoms with van der Waals surface area (Å²) in [6, 6.07) is 28.1. The standard InChI is InChI=1S/C25H21ClN6/c26-25-29-23(22-24(30-25)32(17-28-22)21-13-7-12-20(27)14-21)31(15-18-8-3-1-4-9-18)16-19-10-5-2-6-11-19/h1-14,17H,15-16,27H2. The summed E-state index contributed by atoms with van der Waals surface area (Å²) in [6.45, 7) is 1.31. The van der Waals surface area contributed by atoms with E-state index < -0.39 is 0 Å². The number of benzene rings is 3. The monoisotopic (exact) mass is 440 g/mol. The fourth-order valence-corrected chi connectivity index (χ4v) is 3.92. The molecular weight excluding hydrogens is 420 g/mol. The highest BCUT2D eigenvalue weighted by molar-refractivity contribution is 6.28. The molecule has 2 N–H and O–H groups in total. The Kier molecular flexibility index (Phi) is 5.44. The van der Waals surface area contributed by atoms with Crippen LogP contribution in [-0.2, 0) is 13.1 Å². The van der Waals surface area contributed by atoms with E-state index in [2.05, 4.69) is 44.1 Å². The van der Waals surface area contributed by atoms with E-state index in [4.69, 9.17) is 17.3 Å². The van der Waals surface area contributed by atoms with Crippen molar-refractivity contribution in [3.63, 3.8) is 0 Å². The number of nitrogens with two attached hydrogens (primary N) is 1. The average Bonchev–Trinajstić information content (AvgIpc) is 3.23. The zero-order chi connectivity index (χ0) is 21.9. The van der Waals surface area contributed by atoms with E-state index in [0.717, 1.165) is 5.69 Å². The molecule has 2 aromatic heterocycles. The number of halogens is 1. The first-order valence-corrected chi connectivity index (χ1v) is 10.6. The third-order valence-electron chi connectivity index (χ3n) is 5.23. The van der Waals surface area contributed by atoms with Crippen molar-refractivity contribution in [3.05, 3.63) is 108 Å². The van der Waals surface area contributed by atoms with Crippen molar-refractivity contribution in [1.82, 2.24) is 19.5 Å². The topological polar surface area (TPSA) is 72.9 Å². The molecule has 2 heterocycles. The van der Waals surface area contributed by atoms with Gasteiger partial charge in [0.05, 0.1) is 5.69 Å². The number of anilines is 2. The molecule has 0 radical (unpaired) electrons. The van der Waals surface area contributed by atoms with Gasteiger partial charge in [-0.25, -0.2) is 4.98 Å². The number of aromatic nitrogens is 4. The minimum atomic E-state index is 0.171. The van der Waals surface area contributed by atoms with Crippen molar-refractivity contribution in [2.75, 3.05) is 10.6 Å². The Balaban J connectivity index is 1.63. The van der Waals surface area contributed by atoms with Gasteiger partial charge in [-0.05, 0) is 40.9 Å². The van der Waals surface area contributed by atoms with E-state index in [1.165, 1.54) is 11.1 Å². The van der Waals surface area contributed by atoms with Gasteiger partial charge in [0.25, 0.3) is 0 Å². The molecule has 0 saturated heterocycles. The number of nitrogen functional groups attached to an aromatic ring is 1. The van der Waals surface area contributed by atoms with E-state index in [1.807, 2.05) is 65.2 Å². The predicted molar refractivity (Wildman–Crippen MR) is 129 cm³/mol. The molecule has 0 atom stereocenters. The third kappa shape index (κ3) is 4.13. The highest BCUT2D eigenvalue weighted by Crippen LogP contribution is 2.29. The summed E-state index contributed by atoms with van der Waals surface area (Å²) in [4.78, 5) is 15.9. The van der Waals surface area contributed by atoms with Crippen LogP contribution >= 0.6 is 11.6 Å². The largest absolute Gasteiger partial charge is 0.399 e. The van der Waals surface area contributed by atoms with Crippen LogP contribution in [0.4, 0.5) is 11.5 Å². The molecule has 5 aromatic rings. The maximum atomic E-state index is 6.41. The molecule has 3 aromatic carbocycles. The van der Waals surface area contributed by atoms with Crippen LogP contribution in [0.3, 0.4) is 0 Å². The van der Waals surface area contributed by atoms with E-state index >= 15 is 0 Å². The van der Waals surface area contributed by atoms with Gasteiger partial charge in [0.15, 0.2) is 17.0 Å². The number of nitrogens with zero attached hydrogens (tertiary/aromatic N) is 5. The molecular formula is C25H21ClN6. The van der Waals surface area contributed by atoms with Crippen LogP contribution in [-0.4, -0.2) is 19.5 Å². The molecule has 32 heavy (non-hydrogen) atoms. The molecule has 0 aliphatic carbocycles. The van der Waals surface area contributed by atoms with Crippen LogP contribution in [0, 0.1) is 0 Å². The SMILES string of the molecule is Nc1cccc(-n2cnc3c(N(Cc4ccccc4)Cc4ccccc4)nc(Cl)nc32)c1. The lowest BCUT2D eigenvalue weighted by Gasteiger charge is -2.24. The lowest BCUT2D eigenvalue weighted by Crippen LogP contribution is -2.24. The molecule has 0 spiro atoms. The summed E-state index contributed by atoms with van der Waals surface area (Å²) < 4.78 is 1.88. The maximum Gasteiger partial charge on any atom is 0.226 e. The van der Waals surface area contributed by atoms with E-state index in [0.29, 0.717) is 35.8 Å². The smallest absolute Gasteiger partial charge is 0.226 e. The summed E-state index contributed by atoms with van der Waals surface area (Å²) >= 11 is 6.41. The average molecular weight is 441 g/mol. The summed E-state index contributed by atoms with van der Waals surface area (Å²) in [5, 5.41) is 0.171. The van der Waals surface area contributed by atoms with Gasteiger partial charge in [-0.1, -0.05) is 66.7 Å². The summed E-state index contributed by atoms with van der Waals surface area (Å²) in [6.07, 6.45) is 1.73. The highest BCUT2D eigenvalue weighted by atomic mass is 35.5. The molecule has 0 bridgehead atoms. The lowest BCUT2D eigenvalue weighted by molar-refractivity contribution is 0.785. The minimum absolute atomic E-state index is 0.171. The van der Waals surface area contributed by atoms with Crippen molar-refractivity contribution in [2.24, 2.45) is 0 Å². The Morgan fingerprint density at radius 1 is 0.812 bits per heavy atom. The van der Waals surface area contributed by atoms with Crippen LogP contribution < -0.4 is 10.6 Å². The maximum absolute atomic E-state index is 6.41. The summed E-state index contributed by atoms with van der Waals surface area (Å²) in [7, 11) is 0. The van der Waals surface area contributed by atoms with E-state index in [-0.39, 0.29) is 5.28 Å². The molecule has 0 unspecified atom stereocenters. The predicted octanol–water partition coefficient (Wildman–Crippen LogP) is 5.26. The molecule has 158 valence electrons. The van der Waals surface area contributed by atoms with Crippen molar-refractivity contribution in [2.45, 2.75) is 13.1 Å². The van der Waals surface area contributed by atoms with Gasteiger partial charge in [-0.15, -0.1) is 0 Å². The molecule has 6 nitrogen and oxygen atoms in total. The number of fused-ring (bicyclic) bond motifs is 1. The molecule has 5 rings (SSSR count). The zero-order valence-electron chi connectivity index (χ0n) is 17.3. The lowest BCUT2D eigenvalue weighted by atomic mass is 10.1. The molecule has 0 aliphatic rings. The summed E-state index contributed by atoms with van der Waals surface area (Å²) in [5.41, 5.74) is 11.2. The summed E-state index contributed by atoms with van der Waals surface area (Å²) in [5.74, 6) is 0.690. The van der Waals surface area contributed by atoms with E-state index in [1.54, 1.807) is 6.33 Å². The van der Waals surface area contributed by atoms with Crippen LogP contribution in [0.5, 0.6) is 0 Å². The van der Waals surface area contributed by atoms with Crippen molar-refractivity contribution < 1.29 is 0 Å². The molecule has 0 aliphatic heterocycles. The van der Waals surface area contributed by atoms with Gasteiger partial charge >= 0.3 is 0 Å². The first-order chi connectivity index (χ1) is 15.7. The number of rotatable bonds is 6. The zero-order valence-corrected chi connectivity index (χ0v) is 18.0. The number of hydrogen-bond acceptors (Lipinski definition) is 5. The Bertz CT molecular complexity index is 1310. The van der Waals surface area contributed by atoms with Crippen molar-refractivity contribution in [1.29, 1.82) is 0 Å². The van der Waals surface area contributed by atoms with Crippen LogP contribution in [0.1, 0.15) is 11.1 Å². The van der Waals surface area contributed by atoms with Gasteiger partial charge in [0.2, 0.25) is 5.28 Å². The number of imidazole rings is 1. The second-order valence-electron chi connectivity index (χ2n) is 7.53. The first kappa shape index (κ1) is 20.0. The minimum Gasteiger partial charge on any atom is -0.399 e. The fraction of sp³-hybridized carbons (Fsp3) is 0.0800. The molecule has 7 heteroatoms. The van der Waals surface area contributed by atoms with Gasteiger partial charge in [-0.2, -0.15) is 9.97 Å². The normalized spacial score (nSPS) is 11.0. The second-order valence-corrected chi connectivity index (χ2v) is 7.86. The third-order valence-corrected chi connectivity index (χ3v) is 5.40. The van der Waals surface area contributed by atoms with Crippen LogP contribution in [0.25, 0.3) is 16.9 Å². The Morgan fingerprint density at radius 3 is 2.09 bits per heavy atom. The van der Waals surface area contributed by atoms with Gasteiger partial charge < -0.3 is 10.6 Å². The molecule has 0 fully saturated rings. The van der Waals surface area contributed by atoms with Gasteiger partial charge in [-0.3, -0.25) is 4.57 Å². The number of hydrogen-bond donors (Lipinski definition) is 1. The second kappa shape index (κ2) is 8.69. The molecule has 0 amide bonds. The Morgan fingerprint density at radius 2 is 1.47 bits per heavy atom. The van der Waals surface area contributed by atoms with E-state index in [9.17, 15) is 0 Å². The van der Waals surface area contributed by atoms with Crippen molar-refractivity contribution in [3.8, 4) is 5.69 Å². The fourth-order valence-electron chi connectivity index (χ4n) is 3.76. The molecule has 0 saturated carbocycles. The first-order valence-electron chi connectivity index (χ1n) is 10.3. The van der Waals surface area contributed by atoms with Gasteiger partial charge in [0.1, 0.15) is 6.33 Å². The highest BCUT2D eigenvalue weighted by Gasteiger charge is 2.19. The van der Waals surface area contributed by atoms with Gasteiger partial charge in [0, 0.05) is 18.8 Å². The quantitative estimate of drug-likeness (QED) is 0.288. The Hall–Kier alpha value is -3.90. The van der Waals surface area contributed by atoms with Crippen LogP contribution in [0.15, 0.2) is 91.3 Å². The Labute approximate surface area is 190 Å². The van der Waals surface area contributed by atoms with Crippen molar-refractivity contribution >= 4 is 34.3 Å².